The number of nitrogen functional groups attached to an aromatic ring is 1. The van der Waals surface area contributed by atoms with E-state index in [1.807, 2.05) is 0 Å². The number of hydrogen-bond donors (Lipinski definition) is 3. The number of anilines is 1. The maximum absolute atomic E-state index is 10.7. The zero-order valence-electron chi connectivity index (χ0n) is 6.88. The van der Waals surface area contributed by atoms with E-state index >= 15 is 0 Å². The van der Waals surface area contributed by atoms with Gasteiger partial charge >= 0.3 is 0 Å². The van der Waals surface area contributed by atoms with Gasteiger partial charge in [0.05, 0.1) is 6.61 Å². The highest BCUT2D eigenvalue weighted by atomic mass is 32.2. The summed E-state index contributed by atoms with van der Waals surface area (Å²) in [5, 5.41) is 7.97. The van der Waals surface area contributed by atoms with E-state index in [1.54, 1.807) is 24.3 Å². The maximum Gasteiger partial charge on any atom is 0.149 e. The first-order valence-corrected chi connectivity index (χ1v) is 4.99. The van der Waals surface area contributed by atoms with Crippen LogP contribution in [0.25, 0.3) is 0 Å². The Labute approximate surface area is 78.0 Å². The predicted octanol–water partition coefficient (Wildman–Crippen LogP) is -0.0864. The monoisotopic (exact) mass is 201 g/mol. The first-order chi connectivity index (χ1) is 6.15. The maximum atomic E-state index is 10.7. The minimum Gasteiger partial charge on any atom is -0.399 e. The van der Waals surface area contributed by atoms with Crippen LogP contribution in [0.4, 0.5) is 5.69 Å². The van der Waals surface area contributed by atoms with Crippen LogP contribution >= 0.6 is 0 Å². The Morgan fingerprint density at radius 1 is 1.46 bits per heavy atom. The molecule has 0 radical (unpaired) electrons. The molecule has 1 atom stereocenters. The van der Waals surface area contributed by atoms with Gasteiger partial charge in [-0.2, -0.15) is 0 Å². The summed E-state index contributed by atoms with van der Waals surface area (Å²) >= 11 is 0. The molecule has 3 N–H and O–H groups in total. The second-order valence-electron chi connectivity index (χ2n) is 2.65. The molecular weight excluding hydrogens is 190 g/mol. The van der Waals surface area contributed by atoms with Gasteiger partial charge in [-0.05, 0) is 17.7 Å². The molecule has 0 spiro atoms. The molecule has 1 unspecified atom stereocenters. The van der Waals surface area contributed by atoms with Gasteiger partial charge in [-0.25, -0.2) is 8.42 Å². The zero-order valence-corrected chi connectivity index (χ0v) is 7.78. The second kappa shape index (κ2) is 4.25. The normalized spacial score (nSPS) is 13.1. The lowest BCUT2D eigenvalue weighted by Crippen LogP contribution is -2.05. The topological polar surface area (TPSA) is 80.4 Å². The molecule has 1 aromatic carbocycles. The summed E-state index contributed by atoms with van der Waals surface area (Å²) in [4.78, 5) is 0. The number of thiol groups is 1. The molecule has 13 heavy (non-hydrogen) atoms. The third-order valence-electron chi connectivity index (χ3n) is 1.72. The highest BCUT2D eigenvalue weighted by Gasteiger charge is 2.12. The number of hydrogen-bond acceptors (Lipinski definition) is 4. The Balaban J connectivity index is 3.05. The van der Waals surface area contributed by atoms with Crippen molar-refractivity contribution < 1.29 is 13.5 Å². The molecule has 5 heteroatoms. The molecule has 0 aliphatic rings. The van der Waals surface area contributed by atoms with E-state index in [9.17, 15) is 8.42 Å². The lowest BCUT2D eigenvalue weighted by molar-refractivity contribution is 0.293. The van der Waals surface area contributed by atoms with Crippen molar-refractivity contribution >= 4 is 16.4 Å². The number of rotatable bonds is 3. The van der Waals surface area contributed by atoms with Crippen LogP contribution in [0.15, 0.2) is 24.3 Å². The summed E-state index contributed by atoms with van der Waals surface area (Å²) in [6, 6.07) is 6.50. The van der Waals surface area contributed by atoms with E-state index in [-0.39, 0.29) is 0 Å². The Kier molecular flexibility index (Phi) is 3.27. The average molecular weight is 201 g/mol. The summed E-state index contributed by atoms with van der Waals surface area (Å²) < 4.78 is 21.4. The first-order valence-electron chi connectivity index (χ1n) is 3.75. The third-order valence-corrected chi connectivity index (χ3v) is 2.69. The fourth-order valence-electron chi connectivity index (χ4n) is 1.06. The van der Waals surface area contributed by atoms with Crippen LogP contribution in [-0.4, -0.2) is 20.1 Å². The summed E-state index contributed by atoms with van der Waals surface area (Å²) in [7, 11) is -2.66. The minimum atomic E-state index is -2.66. The third kappa shape index (κ3) is 2.43. The lowest BCUT2D eigenvalue weighted by Gasteiger charge is -2.07. The van der Waals surface area contributed by atoms with Crippen molar-refractivity contribution in [2.75, 3.05) is 12.3 Å². The zero-order chi connectivity index (χ0) is 9.84. The van der Waals surface area contributed by atoms with Crippen molar-refractivity contribution in [3.8, 4) is 0 Å². The highest BCUT2D eigenvalue weighted by Crippen LogP contribution is 2.18. The Hall–Kier alpha value is -1.07. The number of benzene rings is 1. The van der Waals surface area contributed by atoms with E-state index in [0.717, 1.165) is 0 Å². The van der Waals surface area contributed by atoms with Gasteiger partial charge in [0, 0.05) is 5.69 Å². The summed E-state index contributed by atoms with van der Waals surface area (Å²) in [5.74, 6) is 0. The second-order valence-corrected chi connectivity index (χ2v) is 3.85. The van der Waals surface area contributed by atoms with Crippen LogP contribution in [-0.2, 0) is 10.7 Å². The lowest BCUT2D eigenvalue weighted by atomic mass is 10.1. The van der Waals surface area contributed by atoms with Crippen molar-refractivity contribution in [3.63, 3.8) is 0 Å². The first kappa shape index (κ1) is 10.0. The van der Waals surface area contributed by atoms with E-state index in [2.05, 4.69) is 0 Å². The van der Waals surface area contributed by atoms with Crippen molar-refractivity contribution in [2.24, 2.45) is 0 Å². The number of aliphatic hydroxyl groups is 1. The highest BCUT2D eigenvalue weighted by molar-refractivity contribution is 7.72. The summed E-state index contributed by atoms with van der Waals surface area (Å²) in [6.07, 6.45) is 0. The molecule has 4 nitrogen and oxygen atoms in total. The average Bonchev–Trinajstić information content (AvgIpc) is 2.04. The molecule has 0 heterocycles. The standard InChI is InChI=1S/C8H11NO3S/c9-7-3-1-2-6(4-7)8(5-10)13(11)12/h1-4,8,10,13H,5,9H2. The van der Waals surface area contributed by atoms with Crippen LogP contribution in [0.3, 0.4) is 0 Å². The van der Waals surface area contributed by atoms with Gasteiger partial charge in [0.2, 0.25) is 0 Å². The molecule has 1 rings (SSSR count). The van der Waals surface area contributed by atoms with Crippen LogP contribution < -0.4 is 5.73 Å². The van der Waals surface area contributed by atoms with E-state index < -0.39 is 22.6 Å². The largest absolute Gasteiger partial charge is 0.399 e. The molecule has 1 aromatic rings. The number of aliphatic hydroxyl groups excluding tert-OH is 1. The minimum absolute atomic E-state index is 0.415. The number of nitrogens with two attached hydrogens (primary N) is 1. The molecule has 0 amide bonds. The Morgan fingerprint density at radius 3 is 2.62 bits per heavy atom. The Bertz CT molecular complexity index is 354. The van der Waals surface area contributed by atoms with Crippen LogP contribution in [0.5, 0.6) is 0 Å². The molecule has 0 saturated heterocycles. The fraction of sp³-hybridized carbons (Fsp3) is 0.250. The van der Waals surface area contributed by atoms with Gasteiger partial charge < -0.3 is 10.8 Å². The summed E-state index contributed by atoms with van der Waals surface area (Å²) in [5.41, 5.74) is 6.49. The Morgan fingerprint density at radius 2 is 2.15 bits per heavy atom. The van der Waals surface area contributed by atoms with Crippen molar-refractivity contribution in [1.29, 1.82) is 0 Å². The quantitative estimate of drug-likeness (QED) is 0.472. The van der Waals surface area contributed by atoms with Gasteiger partial charge in [0.1, 0.15) is 16.0 Å². The molecule has 0 bridgehead atoms. The predicted molar refractivity (Wildman–Crippen MR) is 51.0 cm³/mol. The smallest absolute Gasteiger partial charge is 0.149 e. The molecule has 0 saturated carbocycles. The molecular formula is C8H11NO3S. The van der Waals surface area contributed by atoms with E-state index in [0.29, 0.717) is 11.3 Å². The van der Waals surface area contributed by atoms with Crippen LogP contribution in [0.2, 0.25) is 0 Å². The van der Waals surface area contributed by atoms with Gasteiger partial charge in [-0.15, -0.1) is 0 Å². The fourth-order valence-corrected chi connectivity index (χ4v) is 1.60. The van der Waals surface area contributed by atoms with E-state index in [1.165, 1.54) is 0 Å². The van der Waals surface area contributed by atoms with Gasteiger partial charge in [-0.1, -0.05) is 12.1 Å². The molecule has 0 aromatic heterocycles. The van der Waals surface area contributed by atoms with Crippen molar-refractivity contribution in [2.45, 2.75) is 5.25 Å². The molecule has 0 aliphatic carbocycles. The van der Waals surface area contributed by atoms with Gasteiger partial charge in [-0.3, -0.25) is 0 Å². The SMILES string of the molecule is Nc1cccc(C(CO)[SH](=O)=O)c1. The van der Waals surface area contributed by atoms with Gasteiger partial charge in [0.15, 0.2) is 0 Å². The van der Waals surface area contributed by atoms with E-state index in [4.69, 9.17) is 10.8 Å². The molecule has 72 valence electrons. The van der Waals surface area contributed by atoms with Crippen molar-refractivity contribution in [3.05, 3.63) is 29.8 Å². The van der Waals surface area contributed by atoms with Crippen LogP contribution in [0.1, 0.15) is 10.8 Å². The summed E-state index contributed by atoms with van der Waals surface area (Å²) in [6.45, 7) is -0.415. The van der Waals surface area contributed by atoms with Crippen molar-refractivity contribution in [1.82, 2.24) is 0 Å². The molecule has 0 aliphatic heterocycles. The van der Waals surface area contributed by atoms with Gasteiger partial charge in [0.25, 0.3) is 0 Å². The van der Waals surface area contributed by atoms with Crippen LogP contribution in [0, 0.1) is 0 Å². The molecule has 0 fully saturated rings.